The van der Waals surface area contributed by atoms with Crippen molar-refractivity contribution in [3.63, 3.8) is 0 Å². The van der Waals surface area contributed by atoms with Crippen LogP contribution in [0.2, 0.25) is 0 Å². The van der Waals surface area contributed by atoms with E-state index in [0.29, 0.717) is 17.1 Å². The first-order valence-electron chi connectivity index (χ1n) is 5.64. The van der Waals surface area contributed by atoms with Crippen LogP contribution in [0.15, 0.2) is 18.2 Å². The Labute approximate surface area is 112 Å². The van der Waals surface area contributed by atoms with E-state index in [1.54, 1.807) is 25.3 Å². The number of esters is 1. The number of terminal acetylenes is 1. The molecule has 1 unspecified atom stereocenters. The summed E-state index contributed by atoms with van der Waals surface area (Å²) >= 11 is 0. The molecule has 0 fully saturated rings. The molecule has 0 saturated heterocycles. The topological polar surface area (TPSA) is 56.8 Å². The molecule has 102 valence electrons. The molecule has 0 radical (unpaired) electrons. The zero-order chi connectivity index (χ0) is 14.3. The Kier molecular flexibility index (Phi) is 5.71. The van der Waals surface area contributed by atoms with Crippen molar-refractivity contribution in [1.82, 2.24) is 5.32 Å². The van der Waals surface area contributed by atoms with E-state index in [2.05, 4.69) is 11.2 Å². The highest BCUT2D eigenvalue weighted by Gasteiger charge is 2.21. The molecule has 0 aliphatic rings. The number of hydrogen-bond donors (Lipinski definition) is 1. The van der Waals surface area contributed by atoms with E-state index in [4.69, 9.17) is 20.6 Å². The highest BCUT2D eigenvalue weighted by Crippen LogP contribution is 2.30. The molecule has 0 aliphatic carbocycles. The quantitative estimate of drug-likeness (QED) is 0.616. The Balaban J connectivity index is 3.08. The first-order chi connectivity index (χ1) is 9.17. The van der Waals surface area contributed by atoms with Gasteiger partial charge in [-0.2, -0.15) is 0 Å². The van der Waals surface area contributed by atoms with Crippen molar-refractivity contribution in [2.45, 2.75) is 6.04 Å². The first-order valence-corrected chi connectivity index (χ1v) is 5.64. The molecule has 0 aromatic heterocycles. The number of methoxy groups -OCH3 is 3. The van der Waals surface area contributed by atoms with Gasteiger partial charge in [0, 0.05) is 0 Å². The minimum absolute atomic E-state index is 0.258. The monoisotopic (exact) mass is 263 g/mol. The van der Waals surface area contributed by atoms with Gasteiger partial charge in [0.1, 0.15) is 6.04 Å². The SMILES string of the molecule is C#CCNC(C(=O)OC)c1ccc(OC)c(OC)c1. The van der Waals surface area contributed by atoms with Crippen LogP contribution in [-0.4, -0.2) is 33.8 Å². The Hall–Kier alpha value is -2.19. The van der Waals surface area contributed by atoms with Gasteiger partial charge < -0.3 is 14.2 Å². The van der Waals surface area contributed by atoms with E-state index in [0.717, 1.165) is 0 Å². The number of carbonyl (C=O) groups is 1. The van der Waals surface area contributed by atoms with Gasteiger partial charge in [-0.25, -0.2) is 4.79 Å². The average molecular weight is 263 g/mol. The van der Waals surface area contributed by atoms with Crippen molar-refractivity contribution < 1.29 is 19.0 Å². The van der Waals surface area contributed by atoms with E-state index in [1.165, 1.54) is 14.2 Å². The van der Waals surface area contributed by atoms with Gasteiger partial charge in [0.2, 0.25) is 0 Å². The highest BCUT2D eigenvalue weighted by molar-refractivity contribution is 5.78. The summed E-state index contributed by atoms with van der Waals surface area (Å²) in [6, 6.07) is 4.55. The summed E-state index contributed by atoms with van der Waals surface area (Å²) in [7, 11) is 4.41. The van der Waals surface area contributed by atoms with Crippen LogP contribution in [0.25, 0.3) is 0 Å². The van der Waals surface area contributed by atoms with Crippen molar-refractivity contribution in [3.05, 3.63) is 23.8 Å². The molecule has 0 bridgehead atoms. The van der Waals surface area contributed by atoms with E-state index in [9.17, 15) is 4.79 Å². The van der Waals surface area contributed by atoms with E-state index in [-0.39, 0.29) is 6.54 Å². The van der Waals surface area contributed by atoms with Crippen LogP contribution >= 0.6 is 0 Å². The molecule has 1 rings (SSSR count). The fourth-order valence-electron chi connectivity index (χ4n) is 1.65. The van der Waals surface area contributed by atoms with Crippen molar-refractivity contribution in [2.75, 3.05) is 27.9 Å². The van der Waals surface area contributed by atoms with Crippen LogP contribution < -0.4 is 14.8 Å². The zero-order valence-electron chi connectivity index (χ0n) is 11.2. The van der Waals surface area contributed by atoms with Crippen molar-refractivity contribution >= 4 is 5.97 Å². The maximum atomic E-state index is 11.7. The van der Waals surface area contributed by atoms with E-state index < -0.39 is 12.0 Å². The normalized spacial score (nSPS) is 11.3. The van der Waals surface area contributed by atoms with Gasteiger partial charge in [0.05, 0.1) is 27.9 Å². The van der Waals surface area contributed by atoms with Crippen LogP contribution in [0.4, 0.5) is 0 Å². The zero-order valence-corrected chi connectivity index (χ0v) is 11.2. The lowest BCUT2D eigenvalue weighted by Gasteiger charge is -2.17. The maximum Gasteiger partial charge on any atom is 0.327 e. The molecule has 1 N–H and O–H groups in total. The molecule has 0 heterocycles. The number of rotatable bonds is 6. The van der Waals surface area contributed by atoms with E-state index in [1.807, 2.05) is 0 Å². The number of ether oxygens (including phenoxy) is 3. The summed E-state index contributed by atoms with van der Waals surface area (Å²) in [5.74, 6) is 3.14. The van der Waals surface area contributed by atoms with Gasteiger partial charge in [0.25, 0.3) is 0 Å². The summed E-state index contributed by atoms with van der Waals surface area (Å²) < 4.78 is 15.1. The molecular formula is C14H17NO4. The first kappa shape index (κ1) is 14.9. The Morgan fingerprint density at radius 3 is 2.53 bits per heavy atom. The van der Waals surface area contributed by atoms with Crippen molar-refractivity contribution in [1.29, 1.82) is 0 Å². The van der Waals surface area contributed by atoms with Crippen LogP contribution in [0.5, 0.6) is 11.5 Å². The van der Waals surface area contributed by atoms with Crippen molar-refractivity contribution in [2.24, 2.45) is 0 Å². The summed E-state index contributed by atoms with van der Waals surface area (Å²) in [5, 5.41) is 2.92. The average Bonchev–Trinajstić information content (AvgIpc) is 2.46. The minimum atomic E-state index is -0.638. The molecule has 19 heavy (non-hydrogen) atoms. The molecule has 0 spiro atoms. The Bertz CT molecular complexity index is 479. The van der Waals surface area contributed by atoms with Crippen LogP contribution in [0.3, 0.4) is 0 Å². The third-order valence-corrected chi connectivity index (χ3v) is 2.59. The third kappa shape index (κ3) is 3.63. The molecule has 5 nitrogen and oxygen atoms in total. The second-order valence-electron chi connectivity index (χ2n) is 3.66. The van der Waals surface area contributed by atoms with Gasteiger partial charge >= 0.3 is 5.97 Å². The largest absolute Gasteiger partial charge is 0.493 e. The number of nitrogens with one attached hydrogen (secondary N) is 1. The van der Waals surface area contributed by atoms with Gasteiger partial charge in [-0.15, -0.1) is 6.42 Å². The van der Waals surface area contributed by atoms with Gasteiger partial charge in [-0.05, 0) is 17.7 Å². The number of carbonyl (C=O) groups excluding carboxylic acids is 1. The second-order valence-corrected chi connectivity index (χ2v) is 3.66. The maximum absolute atomic E-state index is 11.7. The molecular weight excluding hydrogens is 246 g/mol. The molecule has 1 aromatic rings. The number of benzene rings is 1. The van der Waals surface area contributed by atoms with Crippen LogP contribution in [0.1, 0.15) is 11.6 Å². The summed E-state index contributed by atoms with van der Waals surface area (Å²) in [4.78, 5) is 11.7. The lowest BCUT2D eigenvalue weighted by atomic mass is 10.1. The summed E-state index contributed by atoms with van der Waals surface area (Å²) in [6.45, 7) is 0.258. The molecule has 0 saturated carbocycles. The minimum Gasteiger partial charge on any atom is -0.493 e. The highest BCUT2D eigenvalue weighted by atomic mass is 16.5. The van der Waals surface area contributed by atoms with Gasteiger partial charge in [-0.1, -0.05) is 12.0 Å². The molecule has 1 atom stereocenters. The standard InChI is InChI=1S/C14H17NO4/c1-5-8-15-13(14(16)19-4)10-6-7-11(17-2)12(9-10)18-3/h1,6-7,9,13,15H,8H2,2-4H3. The van der Waals surface area contributed by atoms with Gasteiger partial charge in [-0.3, -0.25) is 5.32 Å². The Morgan fingerprint density at radius 1 is 1.32 bits per heavy atom. The summed E-state index contributed by atoms with van der Waals surface area (Å²) in [5.41, 5.74) is 0.694. The molecule has 0 aliphatic heterocycles. The molecule has 1 aromatic carbocycles. The third-order valence-electron chi connectivity index (χ3n) is 2.59. The van der Waals surface area contributed by atoms with Crippen LogP contribution in [0, 0.1) is 12.3 Å². The van der Waals surface area contributed by atoms with Crippen LogP contribution in [-0.2, 0) is 9.53 Å². The molecule has 5 heteroatoms. The Morgan fingerprint density at radius 2 is 2.00 bits per heavy atom. The fourth-order valence-corrected chi connectivity index (χ4v) is 1.65. The van der Waals surface area contributed by atoms with Gasteiger partial charge in [0.15, 0.2) is 11.5 Å². The lowest BCUT2D eigenvalue weighted by molar-refractivity contribution is -0.143. The predicted octanol–water partition coefficient (Wildman–Crippen LogP) is 1.14. The summed E-state index contributed by atoms with van der Waals surface area (Å²) in [6.07, 6.45) is 5.19. The number of hydrogen-bond acceptors (Lipinski definition) is 5. The smallest absolute Gasteiger partial charge is 0.327 e. The molecule has 0 amide bonds. The fraction of sp³-hybridized carbons (Fsp3) is 0.357. The van der Waals surface area contributed by atoms with Crippen molar-refractivity contribution in [3.8, 4) is 23.8 Å². The predicted molar refractivity (Wildman–Crippen MR) is 71.1 cm³/mol. The lowest BCUT2D eigenvalue weighted by Crippen LogP contribution is -2.29. The van der Waals surface area contributed by atoms with E-state index >= 15 is 0 Å². The second kappa shape index (κ2) is 7.29.